The van der Waals surface area contributed by atoms with E-state index in [1.54, 1.807) is 4.90 Å². The van der Waals surface area contributed by atoms with E-state index in [2.05, 4.69) is 5.32 Å². The van der Waals surface area contributed by atoms with Gasteiger partial charge in [0.05, 0.1) is 12.5 Å². The third kappa shape index (κ3) is 4.96. The van der Waals surface area contributed by atoms with Gasteiger partial charge in [0, 0.05) is 12.2 Å². The summed E-state index contributed by atoms with van der Waals surface area (Å²) in [5.74, 6) is -1.33. The second-order valence-electron chi connectivity index (χ2n) is 6.41. The summed E-state index contributed by atoms with van der Waals surface area (Å²) in [7, 11) is 0. The molecule has 1 unspecified atom stereocenters. The lowest BCUT2D eigenvalue weighted by molar-refractivity contribution is -0.186. The normalized spacial score (nSPS) is 19.8. The van der Waals surface area contributed by atoms with E-state index in [0.29, 0.717) is 13.0 Å². The van der Waals surface area contributed by atoms with Gasteiger partial charge in [-0.1, -0.05) is 32.0 Å². The molecular formula is C17H23F3N2O. The quantitative estimate of drug-likeness (QED) is 0.905. The molecule has 0 saturated carbocycles. The molecule has 1 aliphatic rings. The minimum Gasteiger partial charge on any atom is -0.325 e. The molecule has 0 aromatic heterocycles. The summed E-state index contributed by atoms with van der Waals surface area (Å²) in [4.78, 5) is 13.8. The zero-order valence-corrected chi connectivity index (χ0v) is 13.5. The van der Waals surface area contributed by atoms with Crippen molar-refractivity contribution in [3.63, 3.8) is 0 Å². The van der Waals surface area contributed by atoms with Crippen molar-refractivity contribution < 1.29 is 18.0 Å². The highest BCUT2D eigenvalue weighted by atomic mass is 19.4. The molecular weight excluding hydrogens is 305 g/mol. The number of benzene rings is 1. The van der Waals surface area contributed by atoms with Crippen LogP contribution in [0.1, 0.15) is 38.2 Å². The number of carbonyl (C=O) groups is 1. The summed E-state index contributed by atoms with van der Waals surface area (Å²) in [6, 6.07) is 7.51. The summed E-state index contributed by atoms with van der Waals surface area (Å²) >= 11 is 0. The van der Waals surface area contributed by atoms with Crippen LogP contribution in [0.15, 0.2) is 24.3 Å². The van der Waals surface area contributed by atoms with E-state index in [0.717, 1.165) is 11.3 Å². The number of alkyl halides is 3. The minimum atomic E-state index is -4.18. The monoisotopic (exact) mass is 328 g/mol. The van der Waals surface area contributed by atoms with Crippen molar-refractivity contribution in [2.75, 3.05) is 25.0 Å². The van der Waals surface area contributed by atoms with Crippen LogP contribution >= 0.6 is 0 Å². The van der Waals surface area contributed by atoms with Crippen molar-refractivity contribution in [2.45, 2.75) is 38.8 Å². The van der Waals surface area contributed by atoms with Crippen molar-refractivity contribution in [1.29, 1.82) is 0 Å². The molecule has 1 heterocycles. The Balaban J connectivity index is 1.95. The lowest BCUT2D eigenvalue weighted by Crippen LogP contribution is -2.44. The number of likely N-dealkylation sites (tertiary alicyclic amines) is 1. The van der Waals surface area contributed by atoms with Crippen molar-refractivity contribution in [3.05, 3.63) is 29.8 Å². The maximum absolute atomic E-state index is 12.8. The van der Waals surface area contributed by atoms with Crippen LogP contribution in [0.25, 0.3) is 0 Å². The zero-order chi connectivity index (χ0) is 17.0. The second kappa shape index (κ2) is 7.34. The molecule has 0 aliphatic carbocycles. The lowest BCUT2D eigenvalue weighted by Gasteiger charge is -2.33. The third-order valence-corrected chi connectivity index (χ3v) is 4.19. The van der Waals surface area contributed by atoms with E-state index in [-0.39, 0.29) is 31.3 Å². The van der Waals surface area contributed by atoms with Gasteiger partial charge in [0.25, 0.3) is 0 Å². The molecule has 0 radical (unpaired) electrons. The second-order valence-corrected chi connectivity index (χ2v) is 6.41. The Labute approximate surface area is 134 Å². The van der Waals surface area contributed by atoms with Crippen LogP contribution in [0.4, 0.5) is 18.9 Å². The Hall–Kier alpha value is -1.56. The van der Waals surface area contributed by atoms with E-state index in [1.165, 1.54) is 0 Å². The molecule has 6 heteroatoms. The standard InChI is InChI=1S/C17H23F3N2O/c1-12(2)14-7-3-4-8-15(14)21-16(23)11-22-9-5-6-13(10-22)17(18,19)20/h3-4,7-8,12-13H,5-6,9-11H2,1-2H3,(H,21,23). The topological polar surface area (TPSA) is 32.3 Å². The predicted octanol–water partition coefficient (Wildman–Crippen LogP) is 4.02. The number of piperidine rings is 1. The summed E-state index contributed by atoms with van der Waals surface area (Å²) < 4.78 is 38.4. The maximum atomic E-state index is 12.8. The maximum Gasteiger partial charge on any atom is 0.393 e. The van der Waals surface area contributed by atoms with Crippen LogP contribution in [-0.4, -0.2) is 36.6 Å². The van der Waals surface area contributed by atoms with Crippen molar-refractivity contribution in [1.82, 2.24) is 4.90 Å². The highest BCUT2D eigenvalue weighted by Crippen LogP contribution is 2.33. The molecule has 3 nitrogen and oxygen atoms in total. The molecule has 1 N–H and O–H groups in total. The van der Waals surface area contributed by atoms with E-state index in [9.17, 15) is 18.0 Å². The first-order chi connectivity index (χ1) is 10.8. The van der Waals surface area contributed by atoms with E-state index >= 15 is 0 Å². The first-order valence-electron chi connectivity index (χ1n) is 7.95. The number of carbonyl (C=O) groups excluding carboxylic acids is 1. The molecule has 1 fully saturated rings. The summed E-state index contributed by atoms with van der Waals surface area (Å²) in [6.45, 7) is 4.50. The van der Waals surface area contributed by atoms with Crippen molar-refractivity contribution >= 4 is 11.6 Å². The van der Waals surface area contributed by atoms with Gasteiger partial charge in [0.2, 0.25) is 5.91 Å². The molecule has 1 saturated heterocycles. The summed E-state index contributed by atoms with van der Waals surface area (Å²) in [5.41, 5.74) is 1.75. The van der Waals surface area contributed by atoms with E-state index in [4.69, 9.17) is 0 Å². The number of hydrogen-bond donors (Lipinski definition) is 1. The number of hydrogen-bond acceptors (Lipinski definition) is 2. The van der Waals surface area contributed by atoms with Crippen LogP contribution in [-0.2, 0) is 4.79 Å². The Kier molecular flexibility index (Phi) is 5.68. The number of nitrogens with one attached hydrogen (secondary N) is 1. The van der Waals surface area contributed by atoms with Crippen LogP contribution in [0.5, 0.6) is 0 Å². The fraction of sp³-hybridized carbons (Fsp3) is 0.588. The van der Waals surface area contributed by atoms with Gasteiger partial charge in [0.1, 0.15) is 0 Å². The molecule has 1 aliphatic heterocycles. The Morgan fingerprint density at radius 3 is 2.70 bits per heavy atom. The summed E-state index contributed by atoms with van der Waals surface area (Å²) in [5, 5.41) is 2.83. The van der Waals surface area contributed by atoms with Crippen molar-refractivity contribution in [2.24, 2.45) is 5.92 Å². The van der Waals surface area contributed by atoms with Gasteiger partial charge in [-0.3, -0.25) is 9.69 Å². The first kappa shape index (κ1) is 17.8. The molecule has 1 atom stereocenters. The average molecular weight is 328 g/mol. The number of amides is 1. The van der Waals surface area contributed by atoms with Crippen LogP contribution in [0, 0.1) is 5.92 Å². The van der Waals surface area contributed by atoms with Gasteiger partial charge in [-0.25, -0.2) is 0 Å². The van der Waals surface area contributed by atoms with Gasteiger partial charge in [-0.15, -0.1) is 0 Å². The molecule has 0 spiro atoms. The van der Waals surface area contributed by atoms with E-state index in [1.807, 2.05) is 38.1 Å². The number of para-hydroxylation sites is 1. The number of anilines is 1. The fourth-order valence-electron chi connectivity index (χ4n) is 2.97. The van der Waals surface area contributed by atoms with Crippen LogP contribution in [0.3, 0.4) is 0 Å². The lowest BCUT2D eigenvalue weighted by atomic mass is 9.97. The molecule has 23 heavy (non-hydrogen) atoms. The highest BCUT2D eigenvalue weighted by Gasteiger charge is 2.41. The van der Waals surface area contributed by atoms with Crippen LogP contribution in [0.2, 0.25) is 0 Å². The molecule has 1 aromatic rings. The minimum absolute atomic E-state index is 0.000983. The number of nitrogens with zero attached hydrogens (tertiary/aromatic N) is 1. The number of rotatable bonds is 4. The smallest absolute Gasteiger partial charge is 0.325 e. The molecule has 1 aromatic carbocycles. The predicted molar refractivity (Wildman–Crippen MR) is 84.4 cm³/mol. The van der Waals surface area contributed by atoms with Gasteiger partial charge < -0.3 is 5.32 Å². The molecule has 0 bridgehead atoms. The SMILES string of the molecule is CC(C)c1ccccc1NC(=O)CN1CCCC(C(F)(F)F)C1. The molecule has 128 valence electrons. The average Bonchev–Trinajstić information content (AvgIpc) is 2.46. The van der Waals surface area contributed by atoms with Gasteiger partial charge in [0.15, 0.2) is 0 Å². The van der Waals surface area contributed by atoms with Gasteiger partial charge in [-0.2, -0.15) is 13.2 Å². The largest absolute Gasteiger partial charge is 0.393 e. The fourth-order valence-corrected chi connectivity index (χ4v) is 2.97. The van der Waals surface area contributed by atoms with Crippen molar-refractivity contribution in [3.8, 4) is 0 Å². The Morgan fingerprint density at radius 1 is 1.35 bits per heavy atom. The van der Waals surface area contributed by atoms with E-state index < -0.39 is 12.1 Å². The molecule has 1 amide bonds. The van der Waals surface area contributed by atoms with Gasteiger partial charge in [-0.05, 0) is 36.9 Å². The Morgan fingerprint density at radius 2 is 2.04 bits per heavy atom. The number of halogens is 3. The first-order valence-corrected chi connectivity index (χ1v) is 7.95. The van der Waals surface area contributed by atoms with Crippen LogP contribution < -0.4 is 5.32 Å². The highest BCUT2D eigenvalue weighted by molar-refractivity contribution is 5.93. The molecule has 2 rings (SSSR count). The third-order valence-electron chi connectivity index (χ3n) is 4.19. The zero-order valence-electron chi connectivity index (χ0n) is 13.5. The Bertz CT molecular complexity index is 543. The van der Waals surface area contributed by atoms with Gasteiger partial charge >= 0.3 is 6.18 Å². The summed E-state index contributed by atoms with van der Waals surface area (Å²) in [6.07, 6.45) is -3.56.